The highest BCUT2D eigenvalue weighted by molar-refractivity contribution is 5.99. The van der Waals surface area contributed by atoms with Crippen LogP contribution in [0, 0.1) is 20.8 Å². The molecule has 0 spiro atoms. The SMILES string of the molecule is Cc1cc(C)c(C(=O)CN(C)Cc2ccoc2)cc1C. The van der Waals surface area contributed by atoms with Crippen LogP contribution in [0.15, 0.2) is 35.1 Å². The Morgan fingerprint density at radius 1 is 1.15 bits per heavy atom. The van der Waals surface area contributed by atoms with E-state index in [0.29, 0.717) is 13.1 Å². The van der Waals surface area contributed by atoms with Crippen LogP contribution in [0.3, 0.4) is 0 Å². The fourth-order valence-corrected chi connectivity index (χ4v) is 2.34. The Hall–Kier alpha value is -1.87. The molecule has 106 valence electrons. The number of aryl methyl sites for hydroxylation is 3. The maximum atomic E-state index is 12.4. The van der Waals surface area contributed by atoms with Crippen molar-refractivity contribution in [2.75, 3.05) is 13.6 Å². The molecule has 0 radical (unpaired) electrons. The maximum absolute atomic E-state index is 12.4. The van der Waals surface area contributed by atoms with Gasteiger partial charge in [0.1, 0.15) is 0 Å². The van der Waals surface area contributed by atoms with Gasteiger partial charge in [0, 0.05) is 17.7 Å². The number of likely N-dealkylation sites (N-methyl/N-ethyl adjacent to an activating group) is 1. The van der Waals surface area contributed by atoms with Crippen molar-refractivity contribution in [2.45, 2.75) is 27.3 Å². The Bertz CT molecular complexity index is 600. The largest absolute Gasteiger partial charge is 0.472 e. The van der Waals surface area contributed by atoms with Crippen molar-refractivity contribution in [3.8, 4) is 0 Å². The van der Waals surface area contributed by atoms with E-state index in [1.54, 1.807) is 12.5 Å². The van der Waals surface area contributed by atoms with E-state index in [9.17, 15) is 4.79 Å². The van der Waals surface area contributed by atoms with Crippen molar-refractivity contribution < 1.29 is 9.21 Å². The molecule has 1 aromatic heterocycles. The number of Topliss-reactive ketones (excluding diaryl/α,β-unsaturated/α-hetero) is 1. The van der Waals surface area contributed by atoms with Crippen LogP contribution in [-0.4, -0.2) is 24.3 Å². The average Bonchev–Trinajstić information content (AvgIpc) is 2.86. The molecule has 0 saturated carbocycles. The molecule has 0 N–H and O–H groups in total. The monoisotopic (exact) mass is 271 g/mol. The summed E-state index contributed by atoms with van der Waals surface area (Å²) < 4.78 is 5.04. The zero-order valence-electron chi connectivity index (χ0n) is 12.6. The van der Waals surface area contributed by atoms with E-state index in [4.69, 9.17) is 4.42 Å². The summed E-state index contributed by atoms with van der Waals surface area (Å²) in [7, 11) is 1.95. The van der Waals surface area contributed by atoms with Gasteiger partial charge in [-0.15, -0.1) is 0 Å². The standard InChI is InChI=1S/C17H21NO2/c1-12-7-14(3)16(8-13(12)2)17(19)10-18(4)9-15-5-6-20-11-15/h5-8,11H,9-10H2,1-4H3. The molecule has 20 heavy (non-hydrogen) atoms. The number of carbonyl (C=O) groups is 1. The Kier molecular flexibility index (Phi) is 4.40. The molecule has 3 nitrogen and oxygen atoms in total. The van der Waals surface area contributed by atoms with E-state index in [0.717, 1.165) is 22.3 Å². The normalized spacial score (nSPS) is 11.1. The fourth-order valence-electron chi connectivity index (χ4n) is 2.34. The highest BCUT2D eigenvalue weighted by Crippen LogP contribution is 2.16. The second kappa shape index (κ2) is 6.06. The first-order valence-corrected chi connectivity index (χ1v) is 6.78. The summed E-state index contributed by atoms with van der Waals surface area (Å²) in [5, 5.41) is 0. The van der Waals surface area contributed by atoms with Crippen molar-refractivity contribution in [2.24, 2.45) is 0 Å². The molecule has 0 unspecified atom stereocenters. The molecule has 0 fully saturated rings. The zero-order chi connectivity index (χ0) is 14.7. The molecular weight excluding hydrogens is 250 g/mol. The molecule has 2 rings (SSSR count). The van der Waals surface area contributed by atoms with Gasteiger partial charge in [0.2, 0.25) is 0 Å². The molecule has 0 atom stereocenters. The van der Waals surface area contributed by atoms with Crippen LogP contribution in [-0.2, 0) is 6.54 Å². The van der Waals surface area contributed by atoms with Crippen molar-refractivity contribution in [3.63, 3.8) is 0 Å². The second-order valence-corrected chi connectivity index (χ2v) is 5.48. The van der Waals surface area contributed by atoms with Crippen LogP contribution in [0.2, 0.25) is 0 Å². The van der Waals surface area contributed by atoms with Gasteiger partial charge in [0.25, 0.3) is 0 Å². The summed E-state index contributed by atoms with van der Waals surface area (Å²) >= 11 is 0. The molecule has 2 aromatic rings. The molecule has 0 amide bonds. The lowest BCUT2D eigenvalue weighted by molar-refractivity contribution is 0.0942. The summed E-state index contributed by atoms with van der Waals surface area (Å²) in [6.45, 7) is 7.23. The summed E-state index contributed by atoms with van der Waals surface area (Å²) in [5.74, 6) is 0.164. The maximum Gasteiger partial charge on any atom is 0.177 e. The van der Waals surface area contributed by atoms with E-state index >= 15 is 0 Å². The minimum absolute atomic E-state index is 0.164. The van der Waals surface area contributed by atoms with Gasteiger partial charge >= 0.3 is 0 Å². The zero-order valence-corrected chi connectivity index (χ0v) is 12.6. The molecule has 0 aliphatic carbocycles. The molecule has 0 aliphatic rings. The fraction of sp³-hybridized carbons (Fsp3) is 0.353. The molecule has 0 aliphatic heterocycles. The van der Waals surface area contributed by atoms with Crippen LogP contribution in [0.5, 0.6) is 0 Å². The first-order valence-electron chi connectivity index (χ1n) is 6.78. The van der Waals surface area contributed by atoms with Gasteiger partial charge < -0.3 is 4.42 Å². The third-order valence-electron chi connectivity index (χ3n) is 3.59. The van der Waals surface area contributed by atoms with Crippen LogP contribution in [0.1, 0.15) is 32.6 Å². The van der Waals surface area contributed by atoms with Gasteiger partial charge in [0.15, 0.2) is 5.78 Å². The molecule has 0 bridgehead atoms. The van der Waals surface area contributed by atoms with E-state index in [1.165, 1.54) is 5.56 Å². The van der Waals surface area contributed by atoms with Gasteiger partial charge in [-0.25, -0.2) is 0 Å². The summed E-state index contributed by atoms with van der Waals surface area (Å²) in [4.78, 5) is 14.4. The predicted molar refractivity (Wildman–Crippen MR) is 80.0 cm³/mol. The number of nitrogens with zero attached hydrogens (tertiary/aromatic N) is 1. The topological polar surface area (TPSA) is 33.5 Å². The van der Waals surface area contributed by atoms with E-state index < -0.39 is 0 Å². The summed E-state index contributed by atoms with van der Waals surface area (Å²) in [6, 6.07) is 6.00. The van der Waals surface area contributed by atoms with Crippen molar-refractivity contribution in [3.05, 3.63) is 58.5 Å². The van der Waals surface area contributed by atoms with Crippen molar-refractivity contribution >= 4 is 5.78 Å². The van der Waals surface area contributed by atoms with Crippen LogP contribution in [0.25, 0.3) is 0 Å². The Morgan fingerprint density at radius 3 is 2.50 bits per heavy atom. The number of hydrogen-bond donors (Lipinski definition) is 0. The van der Waals surface area contributed by atoms with Gasteiger partial charge in [-0.05, 0) is 56.6 Å². The predicted octanol–water partition coefficient (Wildman–Crippen LogP) is 3.52. The second-order valence-electron chi connectivity index (χ2n) is 5.48. The number of furan rings is 1. The Labute approximate surface area is 120 Å². The smallest absolute Gasteiger partial charge is 0.177 e. The van der Waals surface area contributed by atoms with Gasteiger partial charge in [-0.2, -0.15) is 0 Å². The third kappa shape index (κ3) is 3.36. The highest BCUT2D eigenvalue weighted by atomic mass is 16.3. The first-order chi connectivity index (χ1) is 9.47. The quantitative estimate of drug-likeness (QED) is 0.780. The number of ketones is 1. The van der Waals surface area contributed by atoms with Crippen molar-refractivity contribution in [1.29, 1.82) is 0 Å². The van der Waals surface area contributed by atoms with Gasteiger partial charge in [-0.3, -0.25) is 9.69 Å². The number of carbonyl (C=O) groups excluding carboxylic acids is 1. The number of benzene rings is 1. The molecule has 3 heteroatoms. The number of hydrogen-bond acceptors (Lipinski definition) is 3. The van der Waals surface area contributed by atoms with Gasteiger partial charge in [-0.1, -0.05) is 6.07 Å². The van der Waals surface area contributed by atoms with E-state index in [1.807, 2.05) is 37.9 Å². The average molecular weight is 271 g/mol. The summed E-state index contributed by atoms with van der Waals surface area (Å²) in [5.41, 5.74) is 5.35. The Balaban J connectivity index is 2.06. The lowest BCUT2D eigenvalue weighted by Crippen LogP contribution is -2.26. The first kappa shape index (κ1) is 14.5. The Morgan fingerprint density at radius 2 is 1.85 bits per heavy atom. The minimum atomic E-state index is 0.164. The van der Waals surface area contributed by atoms with Crippen LogP contribution in [0.4, 0.5) is 0 Å². The lowest BCUT2D eigenvalue weighted by atomic mass is 9.98. The van der Waals surface area contributed by atoms with Crippen molar-refractivity contribution in [1.82, 2.24) is 4.90 Å². The van der Waals surface area contributed by atoms with Crippen LogP contribution >= 0.6 is 0 Å². The lowest BCUT2D eigenvalue weighted by Gasteiger charge is -2.16. The van der Waals surface area contributed by atoms with Crippen LogP contribution < -0.4 is 0 Å². The minimum Gasteiger partial charge on any atom is -0.472 e. The van der Waals surface area contributed by atoms with Gasteiger partial charge in [0.05, 0.1) is 19.1 Å². The third-order valence-corrected chi connectivity index (χ3v) is 3.59. The molecule has 1 aromatic carbocycles. The molecule has 0 saturated heterocycles. The van der Waals surface area contributed by atoms with E-state index in [-0.39, 0.29) is 5.78 Å². The molecular formula is C17H21NO2. The van der Waals surface area contributed by atoms with E-state index in [2.05, 4.69) is 13.0 Å². The summed E-state index contributed by atoms with van der Waals surface area (Å²) in [6.07, 6.45) is 3.36. The number of rotatable bonds is 5. The molecule has 1 heterocycles. The highest BCUT2D eigenvalue weighted by Gasteiger charge is 2.13.